The second-order valence-electron chi connectivity index (χ2n) is 5.58. The first-order valence-corrected chi connectivity index (χ1v) is 8.01. The lowest BCUT2D eigenvalue weighted by atomic mass is 10.2. The first-order chi connectivity index (χ1) is 10.1. The average Bonchev–Trinajstić information content (AvgIpc) is 3.24. The van der Waals surface area contributed by atoms with Crippen LogP contribution in [-0.4, -0.2) is 25.0 Å². The number of carbonyl (C=O) groups excluding carboxylic acids is 1. The number of carbonyl (C=O) groups is 1. The smallest absolute Gasteiger partial charge is 0.251 e. The van der Waals surface area contributed by atoms with E-state index in [2.05, 4.69) is 10.3 Å². The lowest BCUT2D eigenvalue weighted by Crippen LogP contribution is -2.23. The van der Waals surface area contributed by atoms with Gasteiger partial charge in [-0.2, -0.15) is 0 Å². The van der Waals surface area contributed by atoms with Crippen molar-refractivity contribution in [1.82, 2.24) is 10.3 Å². The summed E-state index contributed by atoms with van der Waals surface area (Å²) < 4.78 is 0. The van der Waals surface area contributed by atoms with Gasteiger partial charge in [-0.3, -0.25) is 4.79 Å². The molecule has 1 aliphatic rings. The Morgan fingerprint density at radius 2 is 2.24 bits per heavy atom. The Morgan fingerprint density at radius 1 is 1.43 bits per heavy atom. The van der Waals surface area contributed by atoms with Gasteiger partial charge in [0.1, 0.15) is 0 Å². The molecule has 0 atom stereocenters. The van der Waals surface area contributed by atoms with Crippen LogP contribution in [0.3, 0.4) is 0 Å². The lowest BCUT2D eigenvalue weighted by Gasteiger charge is -2.13. The third-order valence-corrected chi connectivity index (χ3v) is 4.61. The van der Waals surface area contributed by atoms with Gasteiger partial charge in [-0.15, -0.1) is 11.3 Å². The van der Waals surface area contributed by atoms with E-state index in [-0.39, 0.29) is 5.91 Å². The van der Waals surface area contributed by atoms with Crippen LogP contribution in [0.2, 0.25) is 0 Å². The largest absolute Gasteiger partial charge is 0.378 e. The highest BCUT2D eigenvalue weighted by atomic mass is 32.1. The molecule has 0 saturated heterocycles. The maximum Gasteiger partial charge on any atom is 0.251 e. The number of benzene rings is 1. The van der Waals surface area contributed by atoms with E-state index in [0.717, 1.165) is 11.4 Å². The summed E-state index contributed by atoms with van der Waals surface area (Å²) in [6, 6.07) is 7.61. The zero-order valence-electron chi connectivity index (χ0n) is 12.3. The number of hydrogen-bond donors (Lipinski definition) is 1. The van der Waals surface area contributed by atoms with Crippen molar-refractivity contribution in [2.45, 2.75) is 25.3 Å². The Morgan fingerprint density at radius 3 is 2.95 bits per heavy atom. The molecule has 1 N–H and O–H groups in total. The van der Waals surface area contributed by atoms with Crippen LogP contribution in [0.15, 0.2) is 29.6 Å². The quantitative estimate of drug-likeness (QED) is 0.923. The van der Waals surface area contributed by atoms with Gasteiger partial charge in [0.05, 0.1) is 17.2 Å². The van der Waals surface area contributed by atoms with Gasteiger partial charge in [0, 0.05) is 36.6 Å². The number of aromatic nitrogens is 1. The number of amides is 1. The molecule has 4 nitrogen and oxygen atoms in total. The third kappa shape index (κ3) is 3.42. The summed E-state index contributed by atoms with van der Waals surface area (Å²) in [6.45, 7) is 0.494. The normalized spacial score (nSPS) is 14.0. The fraction of sp³-hybridized carbons (Fsp3) is 0.375. The Labute approximate surface area is 128 Å². The summed E-state index contributed by atoms with van der Waals surface area (Å²) >= 11 is 1.70. The molecule has 0 spiro atoms. The molecular formula is C16H19N3OS. The molecule has 21 heavy (non-hydrogen) atoms. The summed E-state index contributed by atoms with van der Waals surface area (Å²) in [5.41, 5.74) is 2.66. The molecule has 1 aromatic carbocycles. The molecule has 2 aromatic rings. The predicted octanol–water partition coefficient (Wildman–Crippen LogP) is 3.02. The van der Waals surface area contributed by atoms with E-state index in [4.69, 9.17) is 0 Å². The van der Waals surface area contributed by atoms with Crippen molar-refractivity contribution < 1.29 is 4.79 Å². The van der Waals surface area contributed by atoms with E-state index < -0.39 is 0 Å². The second kappa shape index (κ2) is 5.85. The van der Waals surface area contributed by atoms with Crippen LogP contribution >= 0.6 is 11.3 Å². The molecule has 0 radical (unpaired) electrons. The number of nitrogens with zero attached hydrogens (tertiary/aromatic N) is 2. The highest BCUT2D eigenvalue weighted by molar-refractivity contribution is 7.09. The van der Waals surface area contributed by atoms with E-state index in [1.54, 1.807) is 11.3 Å². The van der Waals surface area contributed by atoms with Crippen LogP contribution in [0.5, 0.6) is 0 Å². The summed E-state index contributed by atoms with van der Waals surface area (Å²) in [4.78, 5) is 18.8. The van der Waals surface area contributed by atoms with Crippen LogP contribution in [0.25, 0.3) is 0 Å². The van der Waals surface area contributed by atoms with Crippen molar-refractivity contribution >= 4 is 22.9 Å². The van der Waals surface area contributed by atoms with Gasteiger partial charge in [-0.05, 0) is 31.0 Å². The first-order valence-electron chi connectivity index (χ1n) is 7.13. The van der Waals surface area contributed by atoms with Crippen molar-refractivity contribution in [2.24, 2.45) is 0 Å². The number of anilines is 1. The molecule has 1 fully saturated rings. The van der Waals surface area contributed by atoms with E-state index in [1.807, 2.05) is 48.6 Å². The lowest BCUT2D eigenvalue weighted by molar-refractivity contribution is 0.0950. The number of nitrogens with one attached hydrogen (secondary N) is 1. The standard InChI is InChI=1S/C16H19N3OS/c1-19(2)14-5-3-4-12(8-14)15(20)17-9-13-10-21-16(18-13)11-6-7-11/h3-5,8,10-11H,6-7,9H2,1-2H3,(H,17,20). The van der Waals surface area contributed by atoms with Crippen molar-refractivity contribution in [2.75, 3.05) is 19.0 Å². The molecule has 0 bridgehead atoms. The van der Waals surface area contributed by atoms with Gasteiger partial charge in [-0.1, -0.05) is 6.07 Å². The monoisotopic (exact) mass is 301 g/mol. The zero-order chi connectivity index (χ0) is 14.8. The molecular weight excluding hydrogens is 282 g/mol. The van der Waals surface area contributed by atoms with Crippen LogP contribution in [0, 0.1) is 0 Å². The highest BCUT2D eigenvalue weighted by Crippen LogP contribution is 2.41. The van der Waals surface area contributed by atoms with Crippen LogP contribution in [0.4, 0.5) is 5.69 Å². The van der Waals surface area contributed by atoms with Gasteiger partial charge in [-0.25, -0.2) is 4.98 Å². The van der Waals surface area contributed by atoms with Gasteiger partial charge in [0.25, 0.3) is 5.91 Å². The summed E-state index contributed by atoms with van der Waals surface area (Å²) in [7, 11) is 3.93. The first kappa shape index (κ1) is 14.1. The molecule has 0 aliphatic heterocycles. The second-order valence-corrected chi connectivity index (χ2v) is 6.47. The molecule has 1 aliphatic carbocycles. The van der Waals surface area contributed by atoms with Crippen molar-refractivity contribution in [3.63, 3.8) is 0 Å². The van der Waals surface area contributed by atoms with Gasteiger partial charge in [0.15, 0.2) is 0 Å². The molecule has 0 unspecified atom stereocenters. The third-order valence-electron chi connectivity index (χ3n) is 3.55. The molecule has 1 aromatic heterocycles. The van der Waals surface area contributed by atoms with E-state index in [0.29, 0.717) is 18.0 Å². The van der Waals surface area contributed by atoms with Crippen molar-refractivity contribution in [3.8, 4) is 0 Å². The topological polar surface area (TPSA) is 45.2 Å². The van der Waals surface area contributed by atoms with Gasteiger partial charge < -0.3 is 10.2 Å². The summed E-state index contributed by atoms with van der Waals surface area (Å²) in [5.74, 6) is 0.621. The maximum absolute atomic E-state index is 12.2. The molecule has 3 rings (SSSR count). The Balaban J connectivity index is 1.61. The van der Waals surface area contributed by atoms with Crippen LogP contribution < -0.4 is 10.2 Å². The fourth-order valence-corrected chi connectivity index (χ4v) is 3.11. The molecule has 5 heteroatoms. The summed E-state index contributed by atoms with van der Waals surface area (Å²) in [6.07, 6.45) is 2.52. The molecule has 1 amide bonds. The predicted molar refractivity (Wildman–Crippen MR) is 86.0 cm³/mol. The Bertz CT molecular complexity index is 646. The van der Waals surface area contributed by atoms with Crippen molar-refractivity contribution in [1.29, 1.82) is 0 Å². The Kier molecular flexibility index (Phi) is 3.92. The maximum atomic E-state index is 12.2. The van der Waals surface area contributed by atoms with E-state index >= 15 is 0 Å². The van der Waals surface area contributed by atoms with Gasteiger partial charge in [0.2, 0.25) is 0 Å². The van der Waals surface area contributed by atoms with E-state index in [9.17, 15) is 4.79 Å². The number of thiazole rings is 1. The SMILES string of the molecule is CN(C)c1cccc(C(=O)NCc2csc(C3CC3)n2)c1. The molecule has 1 saturated carbocycles. The number of hydrogen-bond acceptors (Lipinski definition) is 4. The molecule has 110 valence electrons. The Hall–Kier alpha value is -1.88. The summed E-state index contributed by atoms with van der Waals surface area (Å²) in [5, 5.41) is 6.20. The minimum atomic E-state index is -0.0559. The highest BCUT2D eigenvalue weighted by Gasteiger charge is 2.26. The average molecular weight is 301 g/mol. The minimum absolute atomic E-state index is 0.0559. The zero-order valence-corrected chi connectivity index (χ0v) is 13.1. The number of rotatable bonds is 5. The van der Waals surface area contributed by atoms with Crippen LogP contribution in [0.1, 0.15) is 39.8 Å². The van der Waals surface area contributed by atoms with Gasteiger partial charge >= 0.3 is 0 Å². The van der Waals surface area contributed by atoms with Crippen LogP contribution in [-0.2, 0) is 6.54 Å². The van der Waals surface area contributed by atoms with Crippen molar-refractivity contribution in [3.05, 3.63) is 45.9 Å². The minimum Gasteiger partial charge on any atom is -0.378 e. The fourth-order valence-electron chi connectivity index (χ4n) is 2.12. The molecule has 1 heterocycles. The van der Waals surface area contributed by atoms with E-state index in [1.165, 1.54) is 17.8 Å².